The third kappa shape index (κ3) is 6.85. The molecule has 0 heterocycles. The molecule has 3 rings (SSSR count). The maximum absolute atomic E-state index is 12.6. The first-order chi connectivity index (χ1) is 14.7. The number of hydrogen-bond acceptors (Lipinski definition) is 4. The predicted molar refractivity (Wildman–Crippen MR) is 132 cm³/mol. The zero-order valence-electron chi connectivity index (χ0n) is 17.2. The van der Waals surface area contributed by atoms with E-state index in [1.165, 1.54) is 23.9 Å². The zero-order chi connectivity index (χ0) is 22.4. The lowest BCUT2D eigenvalue weighted by molar-refractivity contribution is -0.113. The second kappa shape index (κ2) is 10.3. The third-order valence-corrected chi connectivity index (χ3v) is 7.55. The molecule has 0 atom stereocenters. The molecule has 0 bridgehead atoms. The summed E-state index contributed by atoms with van der Waals surface area (Å²) < 4.78 is 28.9. The molecule has 0 aliphatic carbocycles. The molecule has 0 spiro atoms. The lowest BCUT2D eigenvalue weighted by Gasteiger charge is -2.11. The number of amides is 1. The van der Waals surface area contributed by atoms with Crippen molar-refractivity contribution in [2.45, 2.75) is 24.5 Å². The van der Waals surface area contributed by atoms with Gasteiger partial charge in [-0.3, -0.25) is 9.52 Å². The molecule has 3 aromatic carbocycles. The summed E-state index contributed by atoms with van der Waals surface area (Å²) in [5, 5.41) is 2.80. The molecular formula is C23H23BrN2O3S2. The number of hydrogen-bond donors (Lipinski definition) is 2. The van der Waals surface area contributed by atoms with Crippen LogP contribution in [0.5, 0.6) is 0 Å². The average Bonchev–Trinajstić information content (AvgIpc) is 2.72. The standard InChI is InChI=1S/C23H23BrN2O3S2/c1-16-3-8-21(13-17(16)2)26-31(28,29)22-11-9-20(10-12-22)25-23(27)15-30-14-18-4-6-19(24)7-5-18/h3-13,26H,14-15H2,1-2H3,(H,25,27). The van der Waals surface area contributed by atoms with E-state index >= 15 is 0 Å². The second-order valence-corrected chi connectivity index (χ2v) is 10.7. The fourth-order valence-electron chi connectivity index (χ4n) is 2.78. The number of halogens is 1. The van der Waals surface area contributed by atoms with E-state index in [2.05, 4.69) is 26.0 Å². The number of carbonyl (C=O) groups is 1. The Balaban J connectivity index is 1.54. The molecule has 2 N–H and O–H groups in total. The van der Waals surface area contributed by atoms with Crippen molar-refractivity contribution in [1.82, 2.24) is 0 Å². The quantitative estimate of drug-likeness (QED) is 0.398. The molecule has 0 unspecified atom stereocenters. The average molecular weight is 519 g/mol. The van der Waals surface area contributed by atoms with Crippen LogP contribution in [-0.4, -0.2) is 20.1 Å². The van der Waals surface area contributed by atoms with Crippen molar-refractivity contribution in [3.63, 3.8) is 0 Å². The zero-order valence-corrected chi connectivity index (χ0v) is 20.4. The lowest BCUT2D eigenvalue weighted by Crippen LogP contribution is -2.15. The van der Waals surface area contributed by atoms with E-state index in [-0.39, 0.29) is 10.8 Å². The van der Waals surface area contributed by atoms with E-state index in [9.17, 15) is 13.2 Å². The number of carbonyl (C=O) groups excluding carboxylic acids is 1. The number of sulfonamides is 1. The van der Waals surface area contributed by atoms with Gasteiger partial charge in [0, 0.05) is 21.6 Å². The van der Waals surface area contributed by atoms with Crippen molar-refractivity contribution in [1.29, 1.82) is 0 Å². The minimum atomic E-state index is -3.71. The Morgan fingerprint density at radius 1 is 0.903 bits per heavy atom. The van der Waals surface area contributed by atoms with Crippen LogP contribution in [0.4, 0.5) is 11.4 Å². The van der Waals surface area contributed by atoms with Gasteiger partial charge in [-0.2, -0.15) is 0 Å². The first-order valence-corrected chi connectivity index (χ1v) is 13.0. The van der Waals surface area contributed by atoms with Gasteiger partial charge in [0.25, 0.3) is 10.0 Å². The van der Waals surface area contributed by atoms with E-state index in [1.54, 1.807) is 24.3 Å². The molecule has 0 aliphatic heterocycles. The number of nitrogens with one attached hydrogen (secondary N) is 2. The minimum absolute atomic E-state index is 0.133. The molecule has 0 saturated heterocycles. The van der Waals surface area contributed by atoms with Gasteiger partial charge in [-0.1, -0.05) is 34.1 Å². The number of benzene rings is 3. The van der Waals surface area contributed by atoms with Crippen LogP contribution in [0.2, 0.25) is 0 Å². The van der Waals surface area contributed by atoms with Crippen molar-refractivity contribution in [2.24, 2.45) is 0 Å². The molecule has 162 valence electrons. The smallest absolute Gasteiger partial charge is 0.261 e. The van der Waals surface area contributed by atoms with Gasteiger partial charge in [0.05, 0.1) is 10.6 Å². The SMILES string of the molecule is Cc1ccc(NS(=O)(=O)c2ccc(NC(=O)CSCc3ccc(Br)cc3)cc2)cc1C. The van der Waals surface area contributed by atoms with E-state index in [0.29, 0.717) is 17.1 Å². The molecule has 8 heteroatoms. The summed E-state index contributed by atoms with van der Waals surface area (Å²) in [4.78, 5) is 12.3. The predicted octanol–water partition coefficient (Wildman–Crippen LogP) is 5.74. The van der Waals surface area contributed by atoms with Gasteiger partial charge in [0.2, 0.25) is 5.91 Å². The first kappa shape index (κ1) is 23.4. The number of anilines is 2. The van der Waals surface area contributed by atoms with E-state index in [1.807, 2.05) is 44.2 Å². The molecule has 0 radical (unpaired) electrons. The third-order valence-electron chi connectivity index (χ3n) is 4.62. The number of rotatable bonds is 8. The Labute approximate surface area is 195 Å². The molecule has 1 amide bonds. The first-order valence-electron chi connectivity index (χ1n) is 9.55. The molecule has 31 heavy (non-hydrogen) atoms. The summed E-state index contributed by atoms with van der Waals surface area (Å²) in [6.07, 6.45) is 0. The minimum Gasteiger partial charge on any atom is -0.325 e. The van der Waals surface area contributed by atoms with Gasteiger partial charge >= 0.3 is 0 Å². The van der Waals surface area contributed by atoms with Crippen molar-refractivity contribution >= 4 is 55.0 Å². The van der Waals surface area contributed by atoms with E-state index in [0.717, 1.165) is 26.9 Å². The fourth-order valence-corrected chi connectivity index (χ4v) is 4.88. The summed E-state index contributed by atoms with van der Waals surface area (Å²) >= 11 is 4.92. The molecule has 3 aromatic rings. The second-order valence-electron chi connectivity index (χ2n) is 7.10. The van der Waals surface area contributed by atoms with Gasteiger partial charge in [-0.25, -0.2) is 8.42 Å². The number of aryl methyl sites for hydroxylation is 2. The Hall–Kier alpha value is -2.29. The summed E-state index contributed by atoms with van der Waals surface area (Å²) in [6.45, 7) is 3.90. The van der Waals surface area contributed by atoms with Crippen LogP contribution in [0.25, 0.3) is 0 Å². The summed E-state index contributed by atoms with van der Waals surface area (Å²) in [5.74, 6) is 0.915. The largest absolute Gasteiger partial charge is 0.325 e. The molecule has 5 nitrogen and oxygen atoms in total. The van der Waals surface area contributed by atoms with E-state index in [4.69, 9.17) is 0 Å². The van der Waals surface area contributed by atoms with Gasteiger partial charge < -0.3 is 5.32 Å². The Bertz CT molecular complexity index is 1160. The lowest BCUT2D eigenvalue weighted by atomic mass is 10.1. The van der Waals surface area contributed by atoms with Gasteiger partial charge in [-0.15, -0.1) is 11.8 Å². The fraction of sp³-hybridized carbons (Fsp3) is 0.174. The van der Waals surface area contributed by atoms with Crippen molar-refractivity contribution in [3.05, 3.63) is 87.9 Å². The molecule has 0 fully saturated rings. The Morgan fingerprint density at radius 3 is 2.19 bits per heavy atom. The van der Waals surface area contributed by atoms with Crippen molar-refractivity contribution in [3.8, 4) is 0 Å². The van der Waals surface area contributed by atoms with Crippen LogP contribution in [0.1, 0.15) is 16.7 Å². The maximum Gasteiger partial charge on any atom is 0.261 e. The topological polar surface area (TPSA) is 75.3 Å². The molecular weight excluding hydrogens is 496 g/mol. The normalized spacial score (nSPS) is 11.2. The molecule has 0 aliphatic rings. The van der Waals surface area contributed by atoms with Crippen LogP contribution in [0.15, 0.2) is 76.1 Å². The van der Waals surface area contributed by atoms with E-state index < -0.39 is 10.0 Å². The van der Waals surface area contributed by atoms with Crippen LogP contribution in [-0.2, 0) is 20.6 Å². The summed E-state index contributed by atoms with van der Waals surface area (Å²) in [5.41, 5.74) is 4.32. The maximum atomic E-state index is 12.6. The molecule has 0 saturated carbocycles. The van der Waals surface area contributed by atoms with Crippen LogP contribution < -0.4 is 10.0 Å². The molecule has 0 aromatic heterocycles. The van der Waals surface area contributed by atoms with Crippen LogP contribution in [0.3, 0.4) is 0 Å². The van der Waals surface area contributed by atoms with Gasteiger partial charge in [-0.05, 0) is 79.1 Å². The van der Waals surface area contributed by atoms with Gasteiger partial charge in [0.1, 0.15) is 0 Å². The highest BCUT2D eigenvalue weighted by Crippen LogP contribution is 2.21. The van der Waals surface area contributed by atoms with Crippen molar-refractivity contribution < 1.29 is 13.2 Å². The summed E-state index contributed by atoms with van der Waals surface area (Å²) in [7, 11) is -3.71. The highest BCUT2D eigenvalue weighted by molar-refractivity contribution is 9.10. The monoisotopic (exact) mass is 518 g/mol. The van der Waals surface area contributed by atoms with Gasteiger partial charge in [0.15, 0.2) is 0 Å². The highest BCUT2D eigenvalue weighted by atomic mass is 79.9. The Morgan fingerprint density at radius 2 is 1.55 bits per heavy atom. The summed E-state index contributed by atoms with van der Waals surface area (Å²) in [6, 6.07) is 19.5. The Kier molecular flexibility index (Phi) is 7.80. The van der Waals surface area contributed by atoms with Crippen molar-refractivity contribution in [2.75, 3.05) is 15.8 Å². The van der Waals surface area contributed by atoms with Crippen LogP contribution in [0, 0.1) is 13.8 Å². The van der Waals surface area contributed by atoms with Crippen LogP contribution >= 0.6 is 27.7 Å². The number of thioether (sulfide) groups is 1. The highest BCUT2D eigenvalue weighted by Gasteiger charge is 2.15.